The summed E-state index contributed by atoms with van der Waals surface area (Å²) < 4.78 is 12.6. The molecule has 0 aromatic heterocycles. The molecule has 1 amide bonds. The molecule has 0 bridgehead atoms. The zero-order valence-electron chi connectivity index (χ0n) is 17.3. The van der Waals surface area contributed by atoms with Gasteiger partial charge in [-0.3, -0.25) is 4.90 Å². The second kappa shape index (κ2) is 9.97. The molecule has 28 heavy (non-hydrogen) atoms. The highest BCUT2D eigenvalue weighted by molar-refractivity contribution is 9.10. The quantitative estimate of drug-likeness (QED) is 0.571. The third-order valence-electron chi connectivity index (χ3n) is 5.51. The molecule has 2 aliphatic heterocycles. The Morgan fingerprint density at radius 1 is 1.29 bits per heavy atom. The number of hydrogen-bond acceptors (Lipinski definition) is 4. The standard InChI is InChI=1S/C22H33BrN2O3/c1-4-9-25-15-20(28-22(25)26)14-24-10-7-17(8-11-24)12-18-13-19(27-16(2)3)5-6-21(18)23/h5-6,13,16-17,20H,4,7-12,14-15H2,1-3H3. The Morgan fingerprint density at radius 2 is 2.04 bits per heavy atom. The number of nitrogens with zero attached hydrogens (tertiary/aromatic N) is 2. The van der Waals surface area contributed by atoms with Gasteiger partial charge in [-0.05, 0) is 82.3 Å². The molecule has 0 radical (unpaired) electrons. The van der Waals surface area contributed by atoms with Crippen LogP contribution in [-0.4, -0.2) is 60.8 Å². The van der Waals surface area contributed by atoms with Crippen LogP contribution in [0.3, 0.4) is 0 Å². The van der Waals surface area contributed by atoms with Crippen molar-refractivity contribution in [1.29, 1.82) is 0 Å². The van der Waals surface area contributed by atoms with Crippen molar-refractivity contribution in [3.05, 3.63) is 28.2 Å². The SMILES string of the molecule is CCCN1CC(CN2CCC(Cc3cc(OC(C)C)ccc3Br)CC2)OC1=O. The highest BCUT2D eigenvalue weighted by Gasteiger charge is 2.32. The van der Waals surface area contributed by atoms with E-state index in [9.17, 15) is 4.79 Å². The van der Waals surface area contributed by atoms with Gasteiger partial charge in [-0.1, -0.05) is 22.9 Å². The minimum Gasteiger partial charge on any atom is -0.491 e. The topological polar surface area (TPSA) is 42.0 Å². The Bertz CT molecular complexity index is 659. The summed E-state index contributed by atoms with van der Waals surface area (Å²) in [7, 11) is 0. The van der Waals surface area contributed by atoms with Gasteiger partial charge in [0.1, 0.15) is 11.9 Å². The number of carbonyl (C=O) groups is 1. The molecule has 2 saturated heterocycles. The van der Waals surface area contributed by atoms with E-state index in [2.05, 4.69) is 53.7 Å². The van der Waals surface area contributed by atoms with Gasteiger partial charge in [0.15, 0.2) is 0 Å². The summed E-state index contributed by atoms with van der Waals surface area (Å²) in [5, 5.41) is 0. The van der Waals surface area contributed by atoms with Gasteiger partial charge in [0.05, 0.1) is 12.6 Å². The highest BCUT2D eigenvalue weighted by atomic mass is 79.9. The van der Waals surface area contributed by atoms with Crippen LogP contribution in [0.15, 0.2) is 22.7 Å². The van der Waals surface area contributed by atoms with E-state index in [-0.39, 0.29) is 18.3 Å². The smallest absolute Gasteiger partial charge is 0.410 e. The molecular formula is C22H33BrN2O3. The number of carbonyl (C=O) groups excluding carboxylic acids is 1. The Hall–Kier alpha value is -1.27. The summed E-state index contributed by atoms with van der Waals surface area (Å²) >= 11 is 3.70. The minimum absolute atomic E-state index is 0.0228. The molecule has 2 heterocycles. The monoisotopic (exact) mass is 452 g/mol. The number of rotatable bonds is 8. The first kappa shape index (κ1) is 21.4. The summed E-state index contributed by atoms with van der Waals surface area (Å²) in [6, 6.07) is 6.30. The Morgan fingerprint density at radius 3 is 2.71 bits per heavy atom. The number of hydrogen-bond donors (Lipinski definition) is 0. The first-order valence-corrected chi connectivity index (χ1v) is 11.4. The molecule has 0 spiro atoms. The van der Waals surface area contributed by atoms with E-state index in [4.69, 9.17) is 9.47 Å². The first-order chi connectivity index (χ1) is 13.4. The molecule has 156 valence electrons. The van der Waals surface area contributed by atoms with Crippen LogP contribution in [0.25, 0.3) is 0 Å². The highest BCUT2D eigenvalue weighted by Crippen LogP contribution is 2.29. The Labute approximate surface area is 177 Å². The lowest BCUT2D eigenvalue weighted by molar-refractivity contribution is 0.0904. The summed E-state index contributed by atoms with van der Waals surface area (Å²) in [5.74, 6) is 1.63. The van der Waals surface area contributed by atoms with Gasteiger partial charge in [0.25, 0.3) is 0 Å². The molecule has 1 unspecified atom stereocenters. The van der Waals surface area contributed by atoms with Gasteiger partial charge >= 0.3 is 6.09 Å². The molecular weight excluding hydrogens is 420 g/mol. The molecule has 6 heteroatoms. The fraction of sp³-hybridized carbons (Fsp3) is 0.682. The number of cyclic esters (lactones) is 1. The maximum atomic E-state index is 11.9. The molecule has 0 saturated carbocycles. The molecule has 1 atom stereocenters. The normalized spacial score (nSPS) is 21.4. The summed E-state index contributed by atoms with van der Waals surface area (Å²) in [6.07, 6.45) is 4.49. The van der Waals surface area contributed by atoms with Gasteiger partial charge < -0.3 is 14.4 Å². The van der Waals surface area contributed by atoms with Crippen LogP contribution in [0.5, 0.6) is 5.75 Å². The average molecular weight is 453 g/mol. The van der Waals surface area contributed by atoms with E-state index in [1.807, 2.05) is 11.0 Å². The minimum atomic E-state index is -0.143. The summed E-state index contributed by atoms with van der Waals surface area (Å²) in [4.78, 5) is 16.2. The van der Waals surface area contributed by atoms with E-state index in [0.717, 1.165) is 51.3 Å². The second-order valence-electron chi connectivity index (χ2n) is 8.32. The number of benzene rings is 1. The number of likely N-dealkylation sites (tertiary alicyclic amines) is 1. The zero-order chi connectivity index (χ0) is 20.1. The Kier molecular flexibility index (Phi) is 7.63. The van der Waals surface area contributed by atoms with Crippen molar-refractivity contribution in [3.8, 4) is 5.75 Å². The van der Waals surface area contributed by atoms with Gasteiger partial charge in [0, 0.05) is 17.6 Å². The van der Waals surface area contributed by atoms with Crippen LogP contribution in [0.2, 0.25) is 0 Å². The zero-order valence-corrected chi connectivity index (χ0v) is 18.9. The molecule has 2 aliphatic rings. The van der Waals surface area contributed by atoms with Crippen LogP contribution >= 0.6 is 15.9 Å². The number of piperidine rings is 1. The van der Waals surface area contributed by atoms with Crippen molar-refractivity contribution in [2.75, 3.05) is 32.7 Å². The predicted octanol–water partition coefficient (Wildman–Crippen LogP) is 4.72. The largest absolute Gasteiger partial charge is 0.491 e. The van der Waals surface area contributed by atoms with Gasteiger partial charge in [-0.25, -0.2) is 4.79 Å². The maximum Gasteiger partial charge on any atom is 0.410 e. The maximum absolute atomic E-state index is 11.9. The number of halogens is 1. The van der Waals surface area contributed by atoms with Gasteiger partial charge in [0.2, 0.25) is 0 Å². The van der Waals surface area contributed by atoms with E-state index >= 15 is 0 Å². The predicted molar refractivity (Wildman–Crippen MR) is 115 cm³/mol. The van der Waals surface area contributed by atoms with Gasteiger partial charge in [-0.2, -0.15) is 0 Å². The van der Waals surface area contributed by atoms with Crippen molar-refractivity contribution in [2.45, 2.75) is 58.7 Å². The van der Waals surface area contributed by atoms with Crippen molar-refractivity contribution in [3.63, 3.8) is 0 Å². The fourth-order valence-electron chi connectivity index (χ4n) is 4.15. The van der Waals surface area contributed by atoms with E-state index < -0.39 is 0 Å². The third kappa shape index (κ3) is 5.86. The van der Waals surface area contributed by atoms with Crippen LogP contribution in [0.1, 0.15) is 45.6 Å². The Balaban J connectivity index is 1.46. The van der Waals surface area contributed by atoms with Crippen LogP contribution < -0.4 is 4.74 Å². The molecule has 0 N–H and O–H groups in total. The van der Waals surface area contributed by atoms with Crippen LogP contribution in [0.4, 0.5) is 4.79 Å². The third-order valence-corrected chi connectivity index (χ3v) is 6.28. The molecule has 5 nitrogen and oxygen atoms in total. The number of amides is 1. The van der Waals surface area contributed by atoms with Crippen molar-refractivity contribution >= 4 is 22.0 Å². The fourth-order valence-corrected chi connectivity index (χ4v) is 4.56. The van der Waals surface area contributed by atoms with E-state index in [1.165, 1.54) is 22.9 Å². The molecule has 2 fully saturated rings. The summed E-state index contributed by atoms with van der Waals surface area (Å²) in [5.41, 5.74) is 1.33. The van der Waals surface area contributed by atoms with E-state index in [0.29, 0.717) is 5.92 Å². The second-order valence-corrected chi connectivity index (χ2v) is 9.17. The van der Waals surface area contributed by atoms with Crippen LogP contribution in [0, 0.1) is 5.92 Å². The first-order valence-electron chi connectivity index (χ1n) is 10.6. The average Bonchev–Trinajstić information content (AvgIpc) is 2.98. The molecule has 0 aliphatic carbocycles. The molecule has 3 rings (SSSR count). The van der Waals surface area contributed by atoms with Crippen molar-refractivity contribution < 1.29 is 14.3 Å². The lowest BCUT2D eigenvalue weighted by Gasteiger charge is -2.33. The van der Waals surface area contributed by atoms with Crippen molar-refractivity contribution in [2.24, 2.45) is 5.92 Å². The number of ether oxygens (including phenoxy) is 2. The molecule has 1 aromatic carbocycles. The summed E-state index contributed by atoms with van der Waals surface area (Å²) in [6.45, 7) is 10.8. The lowest BCUT2D eigenvalue weighted by Crippen LogP contribution is -2.40. The van der Waals surface area contributed by atoms with Crippen LogP contribution in [-0.2, 0) is 11.2 Å². The van der Waals surface area contributed by atoms with Crippen molar-refractivity contribution in [1.82, 2.24) is 9.80 Å². The van der Waals surface area contributed by atoms with E-state index in [1.54, 1.807) is 0 Å². The van der Waals surface area contributed by atoms with Gasteiger partial charge in [-0.15, -0.1) is 0 Å². The molecule has 1 aromatic rings. The lowest BCUT2D eigenvalue weighted by atomic mass is 9.90.